The Balaban J connectivity index is 1.10. The molecule has 2 heteroatoms. The number of aromatic nitrogens is 1. The van der Waals surface area contributed by atoms with E-state index in [0.717, 1.165) is 17.1 Å². The number of benzene rings is 9. The van der Waals surface area contributed by atoms with E-state index in [1.165, 1.54) is 94.3 Å². The summed E-state index contributed by atoms with van der Waals surface area (Å²) in [7, 11) is 0. The molecule has 0 fully saturated rings. The van der Waals surface area contributed by atoms with E-state index >= 15 is 0 Å². The van der Waals surface area contributed by atoms with Crippen LogP contribution in [0.1, 0.15) is 49.9 Å². The highest BCUT2D eigenvalue weighted by atomic mass is 15.1. The molecule has 2 aliphatic carbocycles. The van der Waals surface area contributed by atoms with Gasteiger partial charge in [-0.05, 0) is 104 Å². The fourth-order valence-corrected chi connectivity index (χ4v) is 11.1. The molecule has 296 valence electrons. The summed E-state index contributed by atoms with van der Waals surface area (Å²) in [6.45, 7) is 9.47. The Morgan fingerprint density at radius 1 is 0.371 bits per heavy atom. The van der Waals surface area contributed by atoms with Crippen molar-refractivity contribution in [1.29, 1.82) is 0 Å². The second kappa shape index (κ2) is 13.5. The van der Waals surface area contributed by atoms with Crippen LogP contribution in [0.15, 0.2) is 206 Å². The Bertz CT molecular complexity index is 3420. The van der Waals surface area contributed by atoms with Crippen molar-refractivity contribution in [2.45, 2.75) is 38.5 Å². The number of fused-ring (bicyclic) bond motifs is 9. The van der Waals surface area contributed by atoms with Crippen molar-refractivity contribution >= 4 is 38.9 Å². The van der Waals surface area contributed by atoms with Gasteiger partial charge in [0.05, 0.1) is 16.7 Å². The van der Waals surface area contributed by atoms with E-state index in [2.05, 4.69) is 243 Å². The zero-order valence-electron chi connectivity index (χ0n) is 35.5. The van der Waals surface area contributed by atoms with Crippen molar-refractivity contribution in [1.82, 2.24) is 4.57 Å². The van der Waals surface area contributed by atoms with Gasteiger partial charge in [0.2, 0.25) is 0 Å². The van der Waals surface area contributed by atoms with Gasteiger partial charge in [-0.1, -0.05) is 185 Å². The van der Waals surface area contributed by atoms with Gasteiger partial charge in [-0.25, -0.2) is 0 Å². The van der Waals surface area contributed by atoms with Crippen LogP contribution < -0.4 is 4.90 Å². The van der Waals surface area contributed by atoms with Crippen molar-refractivity contribution < 1.29 is 0 Å². The van der Waals surface area contributed by atoms with Gasteiger partial charge < -0.3 is 9.47 Å². The van der Waals surface area contributed by atoms with Gasteiger partial charge in [0.1, 0.15) is 0 Å². The molecular weight excluding hydrogens is 749 g/mol. The molecule has 0 unspecified atom stereocenters. The lowest BCUT2D eigenvalue weighted by Crippen LogP contribution is -2.16. The quantitative estimate of drug-likeness (QED) is 0.163. The minimum Gasteiger partial charge on any atom is -0.310 e. The van der Waals surface area contributed by atoms with E-state index in [9.17, 15) is 0 Å². The van der Waals surface area contributed by atoms with Crippen LogP contribution in [0.2, 0.25) is 0 Å². The zero-order chi connectivity index (χ0) is 41.7. The van der Waals surface area contributed by atoms with Gasteiger partial charge in [0.15, 0.2) is 0 Å². The monoisotopic (exact) mass is 794 g/mol. The summed E-state index contributed by atoms with van der Waals surface area (Å²) in [5, 5.41) is 2.50. The first-order valence-electron chi connectivity index (χ1n) is 21.9. The first-order chi connectivity index (χ1) is 30.3. The van der Waals surface area contributed by atoms with E-state index in [1.54, 1.807) is 0 Å². The van der Waals surface area contributed by atoms with Gasteiger partial charge in [-0.2, -0.15) is 0 Å². The highest BCUT2D eigenvalue weighted by Crippen LogP contribution is 2.56. The minimum absolute atomic E-state index is 0.0775. The largest absolute Gasteiger partial charge is 0.310 e. The topological polar surface area (TPSA) is 8.17 Å². The second-order valence-electron chi connectivity index (χ2n) is 18.1. The first kappa shape index (κ1) is 36.4. The maximum Gasteiger partial charge on any atom is 0.0619 e. The summed E-state index contributed by atoms with van der Waals surface area (Å²) >= 11 is 0. The molecule has 62 heavy (non-hydrogen) atoms. The Kier molecular flexibility index (Phi) is 7.96. The molecule has 0 atom stereocenters. The molecule has 1 heterocycles. The van der Waals surface area contributed by atoms with Gasteiger partial charge in [0, 0.05) is 49.8 Å². The van der Waals surface area contributed by atoms with Crippen LogP contribution >= 0.6 is 0 Å². The van der Waals surface area contributed by atoms with Crippen LogP contribution in [-0.2, 0) is 10.8 Å². The summed E-state index contributed by atoms with van der Waals surface area (Å²) in [5.41, 5.74) is 22.4. The Hall–Kier alpha value is -7.42. The molecule has 2 nitrogen and oxygen atoms in total. The van der Waals surface area contributed by atoms with Crippen molar-refractivity contribution in [3.8, 4) is 50.2 Å². The molecule has 12 rings (SSSR count). The highest BCUT2D eigenvalue weighted by Gasteiger charge is 2.39. The SMILES string of the molecule is CC1(C)c2ccccc2-c2c(-c3cccc(N(c4cccc(-c5cccc6c7ccccc7n(-c7ccccc7)c56)c4)c4cccc5c4-c4ccccc4C5(C)C)c3)cccc21. The van der Waals surface area contributed by atoms with E-state index in [4.69, 9.17) is 0 Å². The molecule has 1 aromatic heterocycles. The van der Waals surface area contributed by atoms with Crippen LogP contribution in [-0.4, -0.2) is 4.57 Å². The molecule has 0 amide bonds. The smallest absolute Gasteiger partial charge is 0.0619 e. The molecule has 9 aromatic carbocycles. The lowest BCUT2D eigenvalue weighted by Gasteiger charge is -2.29. The number of anilines is 3. The van der Waals surface area contributed by atoms with E-state index in [0.29, 0.717) is 0 Å². The molecule has 0 aliphatic heterocycles. The molecule has 0 radical (unpaired) electrons. The van der Waals surface area contributed by atoms with E-state index in [-0.39, 0.29) is 10.8 Å². The third kappa shape index (κ3) is 5.23. The van der Waals surface area contributed by atoms with E-state index < -0.39 is 0 Å². The van der Waals surface area contributed by atoms with Crippen molar-refractivity contribution in [3.05, 3.63) is 229 Å². The number of hydrogen-bond acceptors (Lipinski definition) is 1. The van der Waals surface area contributed by atoms with Crippen molar-refractivity contribution in [2.24, 2.45) is 0 Å². The maximum absolute atomic E-state index is 2.51. The summed E-state index contributed by atoms with van der Waals surface area (Å²) in [6, 6.07) is 76.5. The van der Waals surface area contributed by atoms with Gasteiger partial charge in [0.25, 0.3) is 0 Å². The first-order valence-corrected chi connectivity index (χ1v) is 21.9. The van der Waals surface area contributed by atoms with Crippen LogP contribution in [0.25, 0.3) is 72.0 Å². The number of nitrogens with zero attached hydrogens (tertiary/aromatic N) is 2. The number of para-hydroxylation sites is 3. The fraction of sp³-hybridized carbons (Fsp3) is 0.100. The molecule has 0 saturated heterocycles. The predicted molar refractivity (Wildman–Crippen MR) is 261 cm³/mol. The van der Waals surface area contributed by atoms with Gasteiger partial charge in [-0.3, -0.25) is 0 Å². The number of hydrogen-bond donors (Lipinski definition) is 0. The second-order valence-corrected chi connectivity index (χ2v) is 18.1. The average molecular weight is 795 g/mol. The maximum atomic E-state index is 2.51. The summed E-state index contributed by atoms with van der Waals surface area (Å²) in [6.07, 6.45) is 0. The Morgan fingerprint density at radius 2 is 0.855 bits per heavy atom. The minimum atomic E-state index is -0.136. The predicted octanol–water partition coefficient (Wildman–Crippen LogP) is 16.2. The number of rotatable bonds is 6. The molecule has 0 bridgehead atoms. The van der Waals surface area contributed by atoms with Crippen LogP contribution in [0, 0.1) is 0 Å². The summed E-state index contributed by atoms with van der Waals surface area (Å²) < 4.78 is 2.44. The summed E-state index contributed by atoms with van der Waals surface area (Å²) in [5.74, 6) is 0. The molecule has 2 aliphatic rings. The summed E-state index contributed by atoms with van der Waals surface area (Å²) in [4.78, 5) is 2.51. The van der Waals surface area contributed by atoms with Gasteiger partial charge >= 0.3 is 0 Å². The van der Waals surface area contributed by atoms with Crippen LogP contribution in [0.5, 0.6) is 0 Å². The normalized spacial score (nSPS) is 14.1. The zero-order valence-corrected chi connectivity index (χ0v) is 35.5. The van der Waals surface area contributed by atoms with Gasteiger partial charge in [-0.15, -0.1) is 0 Å². The third-order valence-corrected chi connectivity index (χ3v) is 14.0. The molecular formula is C60H46N2. The Morgan fingerprint density at radius 3 is 1.56 bits per heavy atom. The Labute approximate surface area is 364 Å². The molecule has 10 aromatic rings. The lowest BCUT2D eigenvalue weighted by atomic mass is 9.82. The lowest BCUT2D eigenvalue weighted by molar-refractivity contribution is 0.660. The van der Waals surface area contributed by atoms with Crippen molar-refractivity contribution in [3.63, 3.8) is 0 Å². The standard InChI is InChI=1S/C60H46N2/c1-59(2)50-31-11-8-26-48(50)56-44(28-17-33-52(56)59)39-19-14-23-42(37-39)61(55-36-18-34-53-57(55)49-27-9-12-32-51(49)60(53,3)4)43-24-15-20-40(38-43)45-29-16-30-47-46-25-10-13-35-54(46)62(58(45)47)41-21-6-5-7-22-41/h5-38H,1-4H3. The average Bonchev–Trinajstić information content (AvgIpc) is 3.87. The van der Waals surface area contributed by atoms with Crippen LogP contribution in [0.3, 0.4) is 0 Å². The highest BCUT2D eigenvalue weighted by molar-refractivity contribution is 6.14. The fourth-order valence-electron chi connectivity index (χ4n) is 11.1. The van der Waals surface area contributed by atoms with Crippen molar-refractivity contribution in [2.75, 3.05) is 4.90 Å². The van der Waals surface area contributed by atoms with Crippen LogP contribution in [0.4, 0.5) is 17.1 Å². The van der Waals surface area contributed by atoms with E-state index in [1.807, 2.05) is 0 Å². The molecule has 0 saturated carbocycles. The third-order valence-electron chi connectivity index (χ3n) is 14.0. The molecule has 0 spiro atoms. The molecule has 0 N–H and O–H groups in total.